The summed E-state index contributed by atoms with van der Waals surface area (Å²) in [6.07, 6.45) is 1.88. The molecule has 182 valence electrons. The highest BCUT2D eigenvalue weighted by atomic mass is 16.3. The van der Waals surface area contributed by atoms with Crippen molar-refractivity contribution in [3.63, 3.8) is 0 Å². The molecule has 1 aliphatic carbocycles. The number of aryl methyl sites for hydroxylation is 1. The van der Waals surface area contributed by atoms with Crippen molar-refractivity contribution in [2.24, 2.45) is 10.3 Å². The number of benzene rings is 2. The van der Waals surface area contributed by atoms with Crippen LogP contribution in [0.1, 0.15) is 41.6 Å². The second kappa shape index (κ2) is 10.7. The van der Waals surface area contributed by atoms with Crippen molar-refractivity contribution in [1.82, 2.24) is 15.6 Å². The van der Waals surface area contributed by atoms with Gasteiger partial charge in [-0.1, -0.05) is 60.7 Å². The van der Waals surface area contributed by atoms with Gasteiger partial charge in [0.2, 0.25) is 11.8 Å². The van der Waals surface area contributed by atoms with Crippen LogP contribution in [0.4, 0.5) is 0 Å². The molecule has 0 saturated heterocycles. The smallest absolute Gasteiger partial charge is 0.250 e. The van der Waals surface area contributed by atoms with E-state index in [1.807, 2.05) is 48.5 Å². The molecule has 2 aliphatic rings. The first-order valence-electron chi connectivity index (χ1n) is 11.9. The highest BCUT2D eigenvalue weighted by Gasteiger charge is 2.37. The van der Waals surface area contributed by atoms with Crippen LogP contribution in [0.3, 0.4) is 0 Å². The van der Waals surface area contributed by atoms with Gasteiger partial charge in [0.05, 0.1) is 31.2 Å². The lowest BCUT2D eigenvalue weighted by molar-refractivity contribution is -0.126. The van der Waals surface area contributed by atoms with Gasteiger partial charge < -0.3 is 15.7 Å². The summed E-state index contributed by atoms with van der Waals surface area (Å²) in [5.74, 6) is -0.592. The van der Waals surface area contributed by atoms with Gasteiger partial charge in [-0.25, -0.2) is 0 Å². The number of fused-ring (bicyclic) bond motifs is 1. The van der Waals surface area contributed by atoms with Crippen LogP contribution in [0, 0.1) is 11.3 Å². The fraction of sp³-hybridized carbons (Fsp3) is 0.423. The van der Waals surface area contributed by atoms with Crippen molar-refractivity contribution >= 4 is 11.8 Å². The van der Waals surface area contributed by atoms with Crippen LogP contribution in [0.15, 0.2) is 58.9 Å². The maximum atomic E-state index is 12.6. The van der Waals surface area contributed by atoms with Gasteiger partial charge in [0.25, 0.3) is 0 Å². The summed E-state index contributed by atoms with van der Waals surface area (Å²) in [5.41, 5.74) is 2.99. The average molecular weight is 475 g/mol. The summed E-state index contributed by atoms with van der Waals surface area (Å²) in [7, 11) is 0. The zero-order valence-corrected chi connectivity index (χ0v) is 19.8. The third-order valence-electron chi connectivity index (χ3n) is 6.48. The van der Waals surface area contributed by atoms with Gasteiger partial charge in [0.1, 0.15) is 6.04 Å². The Kier molecular flexibility index (Phi) is 7.42. The molecule has 0 spiro atoms. The van der Waals surface area contributed by atoms with Crippen LogP contribution >= 0.6 is 0 Å². The van der Waals surface area contributed by atoms with Crippen molar-refractivity contribution in [1.29, 1.82) is 5.26 Å². The first-order chi connectivity index (χ1) is 16.9. The van der Waals surface area contributed by atoms with E-state index in [0.717, 1.165) is 28.7 Å². The van der Waals surface area contributed by atoms with Crippen molar-refractivity contribution in [2.75, 3.05) is 19.6 Å². The van der Waals surface area contributed by atoms with Crippen molar-refractivity contribution < 1.29 is 14.7 Å². The summed E-state index contributed by atoms with van der Waals surface area (Å²) in [6, 6.07) is 16.1. The van der Waals surface area contributed by atoms with Gasteiger partial charge >= 0.3 is 0 Å². The van der Waals surface area contributed by atoms with E-state index in [1.165, 1.54) is 0 Å². The molecule has 3 N–H and O–H groups in total. The topological polar surface area (TPSA) is 130 Å². The quantitative estimate of drug-likeness (QED) is 0.512. The van der Waals surface area contributed by atoms with Crippen molar-refractivity contribution in [3.05, 3.63) is 70.8 Å². The van der Waals surface area contributed by atoms with Crippen LogP contribution in [-0.2, 0) is 28.9 Å². The maximum Gasteiger partial charge on any atom is 0.250 e. The zero-order valence-electron chi connectivity index (χ0n) is 19.8. The van der Waals surface area contributed by atoms with Crippen LogP contribution in [0.5, 0.6) is 0 Å². The molecule has 0 fully saturated rings. The number of nitriles is 1. The molecular weight excluding hydrogens is 444 g/mol. The van der Waals surface area contributed by atoms with Gasteiger partial charge in [-0.3, -0.25) is 14.6 Å². The standard InChI is InChI=1S/C26H30N6O3/c1-2-18-7-9-19(10-8-18)22(16-27)29-25(34)23-17-32(31-30-23)12-11-28-24(33)15-26(35)13-20-5-3-4-6-21(20)14-26/h3-10,22-23,35H,2,11-15,17H2,1H3,(H,28,33)(H,29,34). The Hall–Kier alpha value is -3.77. The Bertz CT molecular complexity index is 1120. The summed E-state index contributed by atoms with van der Waals surface area (Å²) in [6.45, 7) is 3.03. The van der Waals surface area contributed by atoms with Crippen molar-refractivity contribution in [2.45, 2.75) is 50.3 Å². The molecule has 4 rings (SSSR count). The van der Waals surface area contributed by atoms with Crippen LogP contribution in [0.2, 0.25) is 0 Å². The number of hydrogen-bond donors (Lipinski definition) is 3. The molecule has 2 unspecified atom stereocenters. The van der Waals surface area contributed by atoms with Crippen LogP contribution < -0.4 is 10.6 Å². The van der Waals surface area contributed by atoms with Crippen LogP contribution in [0.25, 0.3) is 0 Å². The van der Waals surface area contributed by atoms with Gasteiger partial charge in [0, 0.05) is 19.4 Å². The van der Waals surface area contributed by atoms with E-state index in [-0.39, 0.29) is 24.8 Å². The molecule has 0 aromatic heterocycles. The monoisotopic (exact) mass is 474 g/mol. The molecule has 0 radical (unpaired) electrons. The summed E-state index contributed by atoms with van der Waals surface area (Å²) in [4.78, 5) is 25.0. The largest absolute Gasteiger partial charge is 0.389 e. The minimum Gasteiger partial charge on any atom is -0.389 e. The second-order valence-electron chi connectivity index (χ2n) is 9.17. The molecule has 35 heavy (non-hydrogen) atoms. The Morgan fingerprint density at radius 3 is 2.51 bits per heavy atom. The third-order valence-corrected chi connectivity index (χ3v) is 6.48. The van der Waals surface area contributed by atoms with E-state index in [0.29, 0.717) is 25.9 Å². The molecule has 1 heterocycles. The lowest BCUT2D eigenvalue weighted by Gasteiger charge is -2.22. The van der Waals surface area contributed by atoms with Gasteiger partial charge in [-0.2, -0.15) is 10.4 Å². The maximum absolute atomic E-state index is 12.6. The zero-order chi connectivity index (χ0) is 24.8. The number of nitrogens with zero attached hydrogens (tertiary/aromatic N) is 4. The Morgan fingerprint density at radius 1 is 1.20 bits per heavy atom. The van der Waals surface area contributed by atoms with Gasteiger partial charge in [0.15, 0.2) is 6.04 Å². The SMILES string of the molecule is CCc1ccc(C(C#N)NC(=O)C2CN(CCNC(=O)CC3(O)Cc4ccccc4C3)N=N2)cc1. The van der Waals surface area contributed by atoms with E-state index < -0.39 is 17.7 Å². The van der Waals surface area contributed by atoms with Crippen molar-refractivity contribution in [3.8, 4) is 6.07 Å². The predicted molar refractivity (Wildman–Crippen MR) is 129 cm³/mol. The number of amides is 2. The molecule has 0 bridgehead atoms. The lowest BCUT2D eigenvalue weighted by atomic mass is 9.96. The molecule has 9 nitrogen and oxygen atoms in total. The highest BCUT2D eigenvalue weighted by Crippen LogP contribution is 2.32. The lowest BCUT2D eigenvalue weighted by Crippen LogP contribution is -2.41. The number of hydrogen-bond acceptors (Lipinski definition) is 7. The first kappa shape index (κ1) is 24.4. The molecule has 9 heteroatoms. The third kappa shape index (κ3) is 6.03. The normalized spacial score (nSPS) is 18.5. The van der Waals surface area contributed by atoms with E-state index in [2.05, 4.69) is 34.0 Å². The Morgan fingerprint density at radius 2 is 1.89 bits per heavy atom. The van der Waals surface area contributed by atoms with E-state index in [4.69, 9.17) is 0 Å². The first-order valence-corrected chi connectivity index (χ1v) is 11.9. The number of carbonyl (C=O) groups is 2. The minimum absolute atomic E-state index is 0.0308. The highest BCUT2D eigenvalue weighted by molar-refractivity contribution is 5.83. The molecule has 2 amide bonds. The predicted octanol–water partition coefficient (Wildman–Crippen LogP) is 2.02. The molecule has 2 aromatic rings. The van der Waals surface area contributed by atoms with E-state index in [1.54, 1.807) is 5.01 Å². The number of aliphatic hydroxyl groups is 1. The molecule has 0 saturated carbocycles. The second-order valence-corrected chi connectivity index (χ2v) is 9.17. The van der Waals surface area contributed by atoms with E-state index >= 15 is 0 Å². The Labute approximate surface area is 204 Å². The summed E-state index contributed by atoms with van der Waals surface area (Å²) < 4.78 is 0. The number of nitrogens with one attached hydrogen (secondary N) is 2. The molecule has 1 aliphatic heterocycles. The average Bonchev–Trinajstić information content (AvgIpc) is 3.46. The Balaban J connectivity index is 1.18. The molecule has 2 atom stereocenters. The van der Waals surface area contributed by atoms with Gasteiger partial charge in [-0.05, 0) is 28.7 Å². The number of rotatable bonds is 9. The fourth-order valence-corrected chi connectivity index (χ4v) is 4.54. The molecular formula is C26H30N6O3. The minimum atomic E-state index is -1.06. The van der Waals surface area contributed by atoms with Gasteiger partial charge in [-0.15, -0.1) is 0 Å². The summed E-state index contributed by atoms with van der Waals surface area (Å²) in [5, 5.41) is 35.5. The number of carbonyl (C=O) groups excluding carboxylic acids is 2. The van der Waals surface area contributed by atoms with Crippen LogP contribution in [-0.4, -0.2) is 53.2 Å². The summed E-state index contributed by atoms with van der Waals surface area (Å²) >= 11 is 0. The fourth-order valence-electron chi connectivity index (χ4n) is 4.54. The molecule has 2 aromatic carbocycles. The van der Waals surface area contributed by atoms with E-state index in [9.17, 15) is 20.0 Å².